The molecule has 1 N–H and O–H groups in total. The summed E-state index contributed by atoms with van der Waals surface area (Å²) in [5, 5.41) is 10.8. The van der Waals surface area contributed by atoms with Gasteiger partial charge in [-0.1, -0.05) is 31.2 Å². The van der Waals surface area contributed by atoms with Gasteiger partial charge in [-0.15, -0.1) is 0 Å². The van der Waals surface area contributed by atoms with Crippen molar-refractivity contribution in [3.63, 3.8) is 0 Å². The second-order valence-electron chi connectivity index (χ2n) is 9.94. The summed E-state index contributed by atoms with van der Waals surface area (Å²) in [5.41, 5.74) is 3.25. The summed E-state index contributed by atoms with van der Waals surface area (Å²) in [6.07, 6.45) is 2.73. The van der Waals surface area contributed by atoms with Gasteiger partial charge in [-0.3, -0.25) is 14.6 Å². The Hall–Kier alpha value is -2.61. The van der Waals surface area contributed by atoms with Crippen molar-refractivity contribution in [2.24, 2.45) is 0 Å². The normalized spacial score (nSPS) is 22.1. The van der Waals surface area contributed by atoms with E-state index in [1.807, 2.05) is 12.1 Å². The third kappa shape index (κ3) is 5.80. The van der Waals surface area contributed by atoms with Crippen molar-refractivity contribution in [3.05, 3.63) is 59.2 Å². The van der Waals surface area contributed by atoms with Gasteiger partial charge in [-0.25, -0.2) is 0 Å². The average Bonchev–Trinajstić information content (AvgIpc) is 3.02. The Balaban J connectivity index is 1.18. The van der Waals surface area contributed by atoms with Crippen molar-refractivity contribution >= 4 is 5.91 Å². The number of aliphatic hydroxyl groups excluding tert-OH is 1. The predicted molar refractivity (Wildman–Crippen MR) is 135 cm³/mol. The molecule has 1 fully saturated rings. The van der Waals surface area contributed by atoms with Crippen LogP contribution in [0.5, 0.6) is 11.5 Å². The maximum Gasteiger partial charge on any atom is 0.257 e. The summed E-state index contributed by atoms with van der Waals surface area (Å²) in [6, 6.07) is 14.0. The van der Waals surface area contributed by atoms with E-state index in [0.29, 0.717) is 37.6 Å². The number of β-amino-alcohol motifs (C(OH)–C–C–N with tert-alkyl or cyclic N) is 1. The molecule has 3 aliphatic heterocycles. The number of piperidine rings is 1. The molecule has 0 saturated carbocycles. The first kappa shape index (κ1) is 24.1. The van der Waals surface area contributed by atoms with Crippen LogP contribution in [-0.4, -0.2) is 90.3 Å². The quantitative estimate of drug-likeness (QED) is 0.659. The van der Waals surface area contributed by atoms with Crippen molar-refractivity contribution in [2.75, 3.05) is 52.4 Å². The molecule has 0 spiro atoms. The molecule has 1 saturated heterocycles. The number of fused-ring (bicyclic) bond motifs is 2. The minimum atomic E-state index is -0.610. The van der Waals surface area contributed by atoms with Gasteiger partial charge in [0, 0.05) is 38.8 Å². The number of likely N-dealkylation sites (tertiary alicyclic amines) is 1. The van der Waals surface area contributed by atoms with Crippen LogP contribution >= 0.6 is 0 Å². The summed E-state index contributed by atoms with van der Waals surface area (Å²) in [7, 11) is 0. The molecule has 2 aromatic rings. The molecule has 3 heterocycles. The van der Waals surface area contributed by atoms with E-state index in [-0.39, 0.29) is 12.0 Å². The van der Waals surface area contributed by atoms with Gasteiger partial charge in [0.25, 0.3) is 5.91 Å². The fourth-order valence-corrected chi connectivity index (χ4v) is 5.49. The molecule has 0 aliphatic carbocycles. The molecule has 0 bridgehead atoms. The molecule has 3 aliphatic rings. The predicted octanol–water partition coefficient (Wildman–Crippen LogP) is 2.80. The fraction of sp³-hybridized carbons (Fsp3) is 0.536. The molecule has 0 radical (unpaired) electrons. The first-order valence-electron chi connectivity index (χ1n) is 13.0. The van der Waals surface area contributed by atoms with Crippen molar-refractivity contribution in [1.82, 2.24) is 14.7 Å². The molecule has 2 atom stereocenters. The molecule has 2 unspecified atom stereocenters. The topological polar surface area (TPSA) is 65.5 Å². The van der Waals surface area contributed by atoms with E-state index < -0.39 is 6.10 Å². The van der Waals surface area contributed by atoms with E-state index >= 15 is 0 Å². The van der Waals surface area contributed by atoms with Crippen LogP contribution in [0.4, 0.5) is 0 Å². The SMILES string of the molecule is CCN1CCCC(Oc2ccc3c(c2)OCCN(CC(O)CN2CCc4ccccc4C2)C3=O)C1. The van der Waals surface area contributed by atoms with Crippen LogP contribution in [0.25, 0.3) is 0 Å². The van der Waals surface area contributed by atoms with Crippen LogP contribution in [0.15, 0.2) is 42.5 Å². The Morgan fingerprint density at radius 2 is 1.94 bits per heavy atom. The molecular formula is C28H37N3O4. The highest BCUT2D eigenvalue weighted by Crippen LogP contribution is 2.30. The first-order chi connectivity index (χ1) is 17.1. The third-order valence-electron chi connectivity index (χ3n) is 7.41. The molecule has 5 rings (SSSR count). The lowest BCUT2D eigenvalue weighted by Crippen LogP contribution is -2.44. The molecule has 1 amide bonds. The molecule has 0 aromatic heterocycles. The van der Waals surface area contributed by atoms with E-state index in [2.05, 4.69) is 41.0 Å². The maximum absolute atomic E-state index is 13.3. The van der Waals surface area contributed by atoms with Crippen molar-refractivity contribution < 1.29 is 19.4 Å². The van der Waals surface area contributed by atoms with Crippen molar-refractivity contribution in [2.45, 2.75) is 44.9 Å². The van der Waals surface area contributed by atoms with Gasteiger partial charge in [0.05, 0.1) is 18.2 Å². The molecule has 7 nitrogen and oxygen atoms in total. The lowest BCUT2D eigenvalue weighted by atomic mass is 10.00. The monoisotopic (exact) mass is 479 g/mol. The number of carbonyl (C=O) groups is 1. The number of likely N-dealkylation sites (N-methyl/N-ethyl adjacent to an activating group) is 1. The number of ether oxygens (including phenoxy) is 2. The fourth-order valence-electron chi connectivity index (χ4n) is 5.49. The summed E-state index contributed by atoms with van der Waals surface area (Å²) in [6.45, 7) is 8.75. The van der Waals surface area contributed by atoms with Gasteiger partial charge in [0.2, 0.25) is 0 Å². The molecule has 7 heteroatoms. The summed E-state index contributed by atoms with van der Waals surface area (Å²) >= 11 is 0. The summed E-state index contributed by atoms with van der Waals surface area (Å²) in [5.74, 6) is 1.22. The average molecular weight is 480 g/mol. The standard InChI is InChI=1S/C28H37N3O4/c1-2-29-12-5-8-25(20-29)35-24-9-10-26-27(16-24)34-15-14-31(28(26)33)19-23(32)18-30-13-11-21-6-3-4-7-22(21)17-30/h3-4,6-7,9-10,16,23,25,32H,2,5,8,11-15,17-20H2,1H3. The number of hydrogen-bond donors (Lipinski definition) is 1. The highest BCUT2D eigenvalue weighted by Gasteiger charge is 2.28. The van der Waals surface area contributed by atoms with E-state index in [1.165, 1.54) is 11.1 Å². The second kappa shape index (κ2) is 11.0. The number of carbonyl (C=O) groups excluding carboxylic acids is 1. The van der Waals surface area contributed by atoms with Gasteiger partial charge < -0.3 is 19.5 Å². The number of aliphatic hydroxyl groups is 1. The Labute approximate surface area is 208 Å². The number of rotatable bonds is 7. The van der Waals surface area contributed by atoms with Gasteiger partial charge in [0.1, 0.15) is 24.2 Å². The van der Waals surface area contributed by atoms with Crippen LogP contribution in [0.2, 0.25) is 0 Å². The molecule has 188 valence electrons. The van der Waals surface area contributed by atoms with Gasteiger partial charge in [-0.2, -0.15) is 0 Å². The highest BCUT2D eigenvalue weighted by molar-refractivity contribution is 5.97. The summed E-state index contributed by atoms with van der Waals surface area (Å²) in [4.78, 5) is 19.7. The van der Waals surface area contributed by atoms with Gasteiger partial charge in [0.15, 0.2) is 0 Å². The van der Waals surface area contributed by atoms with Crippen LogP contribution in [-0.2, 0) is 13.0 Å². The Kier molecular flexibility index (Phi) is 7.56. The van der Waals surface area contributed by atoms with Crippen LogP contribution in [0, 0.1) is 0 Å². The zero-order valence-corrected chi connectivity index (χ0v) is 20.7. The number of nitrogens with zero attached hydrogens (tertiary/aromatic N) is 3. The van der Waals surface area contributed by atoms with E-state index in [1.54, 1.807) is 11.0 Å². The molecular weight excluding hydrogens is 442 g/mol. The lowest BCUT2D eigenvalue weighted by molar-refractivity contribution is 0.0501. The van der Waals surface area contributed by atoms with Crippen molar-refractivity contribution in [1.29, 1.82) is 0 Å². The number of benzene rings is 2. The van der Waals surface area contributed by atoms with E-state index in [9.17, 15) is 9.90 Å². The Bertz CT molecular complexity index is 1030. The largest absolute Gasteiger partial charge is 0.491 e. The Morgan fingerprint density at radius 3 is 2.80 bits per heavy atom. The van der Waals surface area contributed by atoms with Crippen molar-refractivity contribution in [3.8, 4) is 11.5 Å². The lowest BCUT2D eigenvalue weighted by Gasteiger charge is -2.32. The smallest absolute Gasteiger partial charge is 0.257 e. The molecule has 2 aromatic carbocycles. The summed E-state index contributed by atoms with van der Waals surface area (Å²) < 4.78 is 12.2. The highest BCUT2D eigenvalue weighted by atomic mass is 16.5. The van der Waals surface area contributed by atoms with Crippen LogP contribution in [0.1, 0.15) is 41.3 Å². The third-order valence-corrected chi connectivity index (χ3v) is 7.41. The van der Waals surface area contributed by atoms with E-state index in [0.717, 1.165) is 57.7 Å². The molecule has 35 heavy (non-hydrogen) atoms. The maximum atomic E-state index is 13.3. The van der Waals surface area contributed by atoms with Crippen LogP contribution < -0.4 is 9.47 Å². The number of amides is 1. The second-order valence-corrected chi connectivity index (χ2v) is 9.94. The number of hydrogen-bond acceptors (Lipinski definition) is 6. The van der Waals surface area contributed by atoms with Crippen LogP contribution in [0.3, 0.4) is 0 Å². The Morgan fingerprint density at radius 1 is 1.09 bits per heavy atom. The minimum absolute atomic E-state index is 0.0954. The van der Waals surface area contributed by atoms with Gasteiger partial charge >= 0.3 is 0 Å². The zero-order chi connectivity index (χ0) is 24.2. The van der Waals surface area contributed by atoms with E-state index in [4.69, 9.17) is 9.47 Å². The zero-order valence-electron chi connectivity index (χ0n) is 20.7. The minimum Gasteiger partial charge on any atom is -0.491 e. The van der Waals surface area contributed by atoms with Gasteiger partial charge in [-0.05, 0) is 55.6 Å². The first-order valence-corrected chi connectivity index (χ1v) is 13.0.